The van der Waals surface area contributed by atoms with Gasteiger partial charge in [0.25, 0.3) is 0 Å². The van der Waals surface area contributed by atoms with Gasteiger partial charge in [-0.3, -0.25) is 0 Å². The summed E-state index contributed by atoms with van der Waals surface area (Å²) in [6.45, 7) is 6.77. The molecule has 3 aliphatic rings. The van der Waals surface area contributed by atoms with E-state index in [0.29, 0.717) is 30.0 Å². The molecule has 3 fully saturated rings. The van der Waals surface area contributed by atoms with Crippen molar-refractivity contribution in [2.24, 2.45) is 16.3 Å². The molecule has 1 aromatic heterocycles. The molecule has 0 radical (unpaired) electrons. The summed E-state index contributed by atoms with van der Waals surface area (Å²) < 4.78 is 6.10. The molecule has 1 aromatic rings. The molecule has 146 valence electrons. The van der Waals surface area contributed by atoms with Crippen LogP contribution in [-0.4, -0.2) is 36.2 Å². The average molecular weight is 490 g/mol. The summed E-state index contributed by atoms with van der Waals surface area (Å²) in [7, 11) is 0. The van der Waals surface area contributed by atoms with Crippen LogP contribution in [0, 0.1) is 11.3 Å². The maximum absolute atomic E-state index is 6.10. The minimum Gasteiger partial charge on any atom is -0.377 e. The van der Waals surface area contributed by atoms with Gasteiger partial charge in [-0.2, -0.15) is 0 Å². The molecule has 0 bridgehead atoms. The number of nitrogens with zero attached hydrogens (tertiary/aromatic N) is 2. The van der Waals surface area contributed by atoms with Crippen LogP contribution in [0.3, 0.4) is 0 Å². The van der Waals surface area contributed by atoms with Crippen LogP contribution in [0.25, 0.3) is 0 Å². The molecule has 3 unspecified atom stereocenters. The Labute approximate surface area is 177 Å². The molecule has 7 heteroatoms. The van der Waals surface area contributed by atoms with Crippen LogP contribution < -0.4 is 10.6 Å². The van der Waals surface area contributed by atoms with E-state index in [1.54, 1.807) is 11.3 Å². The molecule has 0 amide bonds. The Hall–Kier alpha value is -0.410. The largest absolute Gasteiger partial charge is 0.377 e. The zero-order valence-electron chi connectivity index (χ0n) is 15.8. The van der Waals surface area contributed by atoms with E-state index in [9.17, 15) is 0 Å². The zero-order chi connectivity index (χ0) is 17.3. The van der Waals surface area contributed by atoms with E-state index in [1.807, 2.05) is 6.20 Å². The van der Waals surface area contributed by atoms with Crippen molar-refractivity contribution in [3.8, 4) is 0 Å². The van der Waals surface area contributed by atoms with E-state index >= 15 is 0 Å². The predicted octanol–water partition coefficient (Wildman–Crippen LogP) is 3.73. The maximum Gasteiger partial charge on any atom is 0.191 e. The lowest BCUT2D eigenvalue weighted by molar-refractivity contribution is -0.125. The molecule has 26 heavy (non-hydrogen) atoms. The average Bonchev–Trinajstić information content (AvgIpc) is 3.36. The number of halogens is 1. The van der Waals surface area contributed by atoms with Crippen molar-refractivity contribution >= 4 is 41.3 Å². The van der Waals surface area contributed by atoms with Crippen LogP contribution in [0.2, 0.25) is 0 Å². The molecule has 1 aliphatic heterocycles. The first-order chi connectivity index (χ1) is 12.3. The van der Waals surface area contributed by atoms with Crippen molar-refractivity contribution in [2.75, 3.05) is 13.2 Å². The summed E-state index contributed by atoms with van der Waals surface area (Å²) in [4.78, 5) is 10.6. The number of hydrogen-bond donors (Lipinski definition) is 2. The molecule has 3 atom stereocenters. The van der Waals surface area contributed by atoms with Gasteiger partial charge in [0.1, 0.15) is 5.01 Å². The number of hydrogen-bond acceptors (Lipinski definition) is 4. The minimum absolute atomic E-state index is 0. The van der Waals surface area contributed by atoms with Crippen LogP contribution in [0.5, 0.6) is 0 Å². The molecule has 4 rings (SSSR count). The maximum atomic E-state index is 6.10. The molecular formula is C19H31IN4OS. The Morgan fingerprint density at radius 3 is 2.88 bits per heavy atom. The number of thiazole rings is 1. The van der Waals surface area contributed by atoms with Crippen molar-refractivity contribution in [3.05, 3.63) is 16.1 Å². The summed E-state index contributed by atoms with van der Waals surface area (Å²) in [5.74, 6) is 1.60. The number of aromatic nitrogens is 1. The number of guanidine groups is 1. The van der Waals surface area contributed by atoms with Crippen LogP contribution in [0.15, 0.2) is 11.2 Å². The van der Waals surface area contributed by atoms with Crippen molar-refractivity contribution in [3.63, 3.8) is 0 Å². The molecule has 2 N–H and O–H groups in total. The van der Waals surface area contributed by atoms with Gasteiger partial charge in [-0.1, -0.05) is 19.8 Å². The number of rotatable bonds is 5. The number of nitrogens with one attached hydrogen (secondary N) is 2. The van der Waals surface area contributed by atoms with Crippen LogP contribution in [-0.2, 0) is 17.7 Å². The second-order valence-electron chi connectivity index (χ2n) is 7.58. The monoisotopic (exact) mass is 490 g/mol. The van der Waals surface area contributed by atoms with Gasteiger partial charge in [-0.25, -0.2) is 9.98 Å². The van der Waals surface area contributed by atoms with Gasteiger partial charge < -0.3 is 15.4 Å². The lowest BCUT2D eigenvalue weighted by atomic mass is 9.54. The minimum atomic E-state index is 0. The summed E-state index contributed by atoms with van der Waals surface area (Å²) in [6, 6.07) is 0.516. The van der Waals surface area contributed by atoms with E-state index < -0.39 is 0 Å². The fourth-order valence-corrected chi connectivity index (χ4v) is 5.89. The van der Waals surface area contributed by atoms with Gasteiger partial charge >= 0.3 is 0 Å². The Bertz CT molecular complexity index is 629. The smallest absolute Gasteiger partial charge is 0.191 e. The highest BCUT2D eigenvalue weighted by molar-refractivity contribution is 14.0. The van der Waals surface area contributed by atoms with E-state index in [2.05, 4.69) is 29.5 Å². The predicted molar refractivity (Wildman–Crippen MR) is 117 cm³/mol. The van der Waals surface area contributed by atoms with E-state index in [-0.39, 0.29) is 24.0 Å². The Kier molecular flexibility index (Phi) is 6.83. The quantitative estimate of drug-likeness (QED) is 0.375. The van der Waals surface area contributed by atoms with Crippen molar-refractivity contribution in [1.82, 2.24) is 15.6 Å². The fourth-order valence-electron chi connectivity index (χ4n) is 5.10. The highest BCUT2D eigenvalue weighted by atomic mass is 127. The van der Waals surface area contributed by atoms with Gasteiger partial charge in [0, 0.05) is 41.6 Å². The highest BCUT2D eigenvalue weighted by Crippen LogP contribution is 2.60. The lowest BCUT2D eigenvalue weighted by Gasteiger charge is -2.57. The van der Waals surface area contributed by atoms with Gasteiger partial charge in [-0.15, -0.1) is 35.3 Å². The molecule has 5 nitrogen and oxygen atoms in total. The molecule has 2 heterocycles. The van der Waals surface area contributed by atoms with Crippen LogP contribution >= 0.6 is 35.3 Å². The van der Waals surface area contributed by atoms with Gasteiger partial charge in [-0.05, 0) is 32.6 Å². The van der Waals surface area contributed by atoms with E-state index in [1.165, 1.54) is 37.0 Å². The molecule has 2 saturated carbocycles. The van der Waals surface area contributed by atoms with Crippen LogP contribution in [0.4, 0.5) is 0 Å². The third kappa shape index (κ3) is 3.63. The number of ether oxygens (including phenoxy) is 1. The standard InChI is InChI=1S/C19H30N4OS.HI/c1-3-13-11-21-15(25-13)12-22-18(20-4-2)23-16-14-7-10-24-17(14)19(16)8-5-6-9-19;/h11,14,16-17H,3-10,12H2,1-2H3,(H2,20,22,23);1H. The topological polar surface area (TPSA) is 58.5 Å². The van der Waals surface area contributed by atoms with Gasteiger partial charge in [0.2, 0.25) is 0 Å². The Morgan fingerprint density at radius 2 is 2.19 bits per heavy atom. The molecule has 2 aliphatic carbocycles. The number of fused-ring (bicyclic) bond motifs is 2. The number of aliphatic imine (C=N–C) groups is 1. The Morgan fingerprint density at radius 1 is 1.38 bits per heavy atom. The SMILES string of the molecule is CCNC(=NCc1ncc(CC)s1)NC1C2CCOC2C12CCCC2.I. The lowest BCUT2D eigenvalue weighted by Crippen LogP contribution is -2.69. The summed E-state index contributed by atoms with van der Waals surface area (Å²) in [5.41, 5.74) is 0.355. The van der Waals surface area contributed by atoms with Crippen LogP contribution in [0.1, 0.15) is 55.8 Å². The summed E-state index contributed by atoms with van der Waals surface area (Å²) >= 11 is 1.77. The second kappa shape index (κ2) is 8.73. The van der Waals surface area contributed by atoms with Gasteiger partial charge in [0.05, 0.1) is 12.6 Å². The zero-order valence-corrected chi connectivity index (χ0v) is 18.9. The van der Waals surface area contributed by atoms with Crippen molar-refractivity contribution in [2.45, 2.75) is 71.1 Å². The molecule has 1 saturated heterocycles. The van der Waals surface area contributed by atoms with E-state index in [0.717, 1.165) is 30.5 Å². The Balaban J connectivity index is 0.00000196. The molecular weight excluding hydrogens is 459 g/mol. The first-order valence-corrected chi connectivity index (χ1v) is 10.7. The highest BCUT2D eigenvalue weighted by Gasteiger charge is 2.65. The van der Waals surface area contributed by atoms with Gasteiger partial charge in [0.15, 0.2) is 5.96 Å². The summed E-state index contributed by atoms with van der Waals surface area (Å²) in [6.07, 6.45) is 10.0. The summed E-state index contributed by atoms with van der Waals surface area (Å²) in [5, 5.41) is 8.32. The first-order valence-electron chi connectivity index (χ1n) is 9.87. The second-order valence-corrected chi connectivity index (χ2v) is 8.77. The van der Waals surface area contributed by atoms with Crippen molar-refractivity contribution < 1.29 is 4.74 Å². The van der Waals surface area contributed by atoms with Crippen molar-refractivity contribution in [1.29, 1.82) is 0 Å². The fraction of sp³-hybridized carbons (Fsp3) is 0.789. The third-order valence-corrected chi connectivity index (χ3v) is 7.37. The third-order valence-electron chi connectivity index (χ3n) is 6.24. The van der Waals surface area contributed by atoms with E-state index in [4.69, 9.17) is 9.73 Å². The molecule has 1 spiro atoms. The molecule has 0 aromatic carbocycles. The first kappa shape index (κ1) is 20.3. The number of aryl methyl sites for hydroxylation is 1. The normalized spacial score (nSPS) is 29.2.